The molecule has 0 fully saturated rings. The summed E-state index contributed by atoms with van der Waals surface area (Å²) < 4.78 is 1.35. The van der Waals surface area contributed by atoms with Crippen molar-refractivity contribution < 1.29 is 19.5 Å². The Labute approximate surface area is 164 Å². The number of nitrogens with one attached hydrogen (secondary N) is 2. The molecule has 3 aromatic rings. The minimum Gasteiger partial charge on any atom is -0.504 e. The van der Waals surface area contributed by atoms with Crippen molar-refractivity contribution >= 4 is 28.9 Å². The molecule has 0 aliphatic heterocycles. The zero-order valence-corrected chi connectivity index (χ0v) is 15.8. The number of hydrazine groups is 1. The maximum Gasteiger partial charge on any atom is 0.294 e. The molecular formula is C19H18N4O4S. The molecule has 1 aromatic carbocycles. The van der Waals surface area contributed by atoms with E-state index in [1.54, 1.807) is 30.3 Å². The minimum absolute atomic E-state index is 0.0372. The van der Waals surface area contributed by atoms with Crippen LogP contribution in [0.5, 0.6) is 5.75 Å². The van der Waals surface area contributed by atoms with E-state index < -0.39 is 11.8 Å². The molecule has 2 amide bonds. The zero-order chi connectivity index (χ0) is 20.1. The van der Waals surface area contributed by atoms with Crippen LogP contribution in [-0.4, -0.2) is 32.5 Å². The first-order valence-electron chi connectivity index (χ1n) is 8.47. The number of rotatable bonds is 6. The summed E-state index contributed by atoms with van der Waals surface area (Å²) in [6.07, 6.45) is 1.27. The van der Waals surface area contributed by atoms with Gasteiger partial charge in [-0.05, 0) is 31.2 Å². The van der Waals surface area contributed by atoms with Gasteiger partial charge in [-0.25, -0.2) is 4.68 Å². The van der Waals surface area contributed by atoms with Crippen molar-refractivity contribution in [2.45, 2.75) is 19.8 Å². The normalized spacial score (nSPS) is 10.5. The van der Waals surface area contributed by atoms with Gasteiger partial charge in [-0.15, -0.1) is 11.3 Å². The predicted molar refractivity (Wildman–Crippen MR) is 103 cm³/mol. The SMILES string of the molecule is Cc1ccc(C(=O)CCC(=O)NNC(=O)c2nn(-c3ccccc3)cc2O)s1. The van der Waals surface area contributed by atoms with Crippen molar-refractivity contribution in [3.8, 4) is 11.4 Å². The van der Waals surface area contributed by atoms with Gasteiger partial charge in [-0.3, -0.25) is 25.2 Å². The average molecular weight is 398 g/mol. The van der Waals surface area contributed by atoms with E-state index in [1.807, 2.05) is 19.1 Å². The monoisotopic (exact) mass is 398 g/mol. The Morgan fingerprint density at radius 1 is 1.07 bits per heavy atom. The molecular weight excluding hydrogens is 380 g/mol. The molecule has 9 heteroatoms. The Hall–Kier alpha value is -3.46. The summed E-state index contributed by atoms with van der Waals surface area (Å²) in [6.45, 7) is 1.90. The number of aromatic nitrogens is 2. The van der Waals surface area contributed by atoms with E-state index >= 15 is 0 Å². The standard InChI is InChI=1S/C19H18N4O4S/c1-12-7-9-16(28-12)14(24)8-10-17(26)20-21-19(27)18-15(25)11-23(22-18)13-5-3-2-4-6-13/h2-7,9,11,25H,8,10H2,1H3,(H,20,26)(H,21,27). The highest BCUT2D eigenvalue weighted by molar-refractivity contribution is 7.14. The van der Waals surface area contributed by atoms with Gasteiger partial charge in [0, 0.05) is 17.7 Å². The van der Waals surface area contributed by atoms with E-state index in [2.05, 4.69) is 16.0 Å². The largest absolute Gasteiger partial charge is 0.504 e. The number of aromatic hydroxyl groups is 1. The van der Waals surface area contributed by atoms with Gasteiger partial charge in [-0.2, -0.15) is 5.10 Å². The van der Waals surface area contributed by atoms with E-state index in [9.17, 15) is 19.5 Å². The molecule has 3 N–H and O–H groups in total. The lowest BCUT2D eigenvalue weighted by Gasteiger charge is -2.05. The highest BCUT2D eigenvalue weighted by Gasteiger charge is 2.18. The van der Waals surface area contributed by atoms with Crippen molar-refractivity contribution in [2.24, 2.45) is 0 Å². The van der Waals surface area contributed by atoms with Gasteiger partial charge in [0.1, 0.15) is 0 Å². The van der Waals surface area contributed by atoms with Crippen LogP contribution in [0.3, 0.4) is 0 Å². The molecule has 0 radical (unpaired) electrons. The van der Waals surface area contributed by atoms with Crippen LogP contribution in [-0.2, 0) is 4.79 Å². The molecule has 2 heterocycles. The quantitative estimate of drug-likeness (QED) is 0.436. The number of benzene rings is 1. The van der Waals surface area contributed by atoms with Gasteiger partial charge >= 0.3 is 0 Å². The van der Waals surface area contributed by atoms with Gasteiger partial charge in [0.05, 0.1) is 16.8 Å². The van der Waals surface area contributed by atoms with Crippen molar-refractivity contribution in [2.75, 3.05) is 0 Å². The van der Waals surface area contributed by atoms with Crippen molar-refractivity contribution in [1.29, 1.82) is 0 Å². The van der Waals surface area contributed by atoms with Crippen LogP contribution in [0.15, 0.2) is 48.7 Å². The van der Waals surface area contributed by atoms with Crippen molar-refractivity contribution in [3.05, 3.63) is 64.1 Å². The van der Waals surface area contributed by atoms with E-state index in [0.717, 1.165) is 4.88 Å². The number of nitrogens with zero attached hydrogens (tertiary/aromatic N) is 2. The van der Waals surface area contributed by atoms with Gasteiger partial charge in [0.15, 0.2) is 17.2 Å². The summed E-state index contributed by atoms with van der Waals surface area (Å²) in [5.74, 6) is -1.73. The molecule has 0 atom stereocenters. The number of hydrogen-bond donors (Lipinski definition) is 3. The molecule has 8 nitrogen and oxygen atoms in total. The predicted octanol–water partition coefficient (Wildman–Crippen LogP) is 2.37. The Balaban J connectivity index is 1.52. The van der Waals surface area contributed by atoms with Crippen LogP contribution < -0.4 is 10.9 Å². The first-order valence-corrected chi connectivity index (χ1v) is 9.28. The topological polar surface area (TPSA) is 113 Å². The number of hydrogen-bond acceptors (Lipinski definition) is 6. The lowest BCUT2D eigenvalue weighted by molar-refractivity contribution is -0.121. The van der Waals surface area contributed by atoms with Crippen LogP contribution in [0, 0.1) is 6.92 Å². The summed E-state index contributed by atoms with van der Waals surface area (Å²) in [7, 11) is 0. The first kappa shape index (κ1) is 19.3. The van der Waals surface area contributed by atoms with E-state index in [0.29, 0.717) is 10.6 Å². The highest BCUT2D eigenvalue weighted by atomic mass is 32.1. The number of ketones is 1. The molecule has 144 valence electrons. The van der Waals surface area contributed by atoms with Crippen LogP contribution in [0.25, 0.3) is 5.69 Å². The second-order valence-corrected chi connectivity index (χ2v) is 7.27. The van der Waals surface area contributed by atoms with Crippen LogP contribution in [0.2, 0.25) is 0 Å². The Bertz CT molecular complexity index is 1010. The number of aryl methyl sites for hydroxylation is 1. The summed E-state index contributed by atoms with van der Waals surface area (Å²) in [4.78, 5) is 37.6. The van der Waals surface area contributed by atoms with Crippen LogP contribution >= 0.6 is 11.3 Å². The maximum atomic E-state index is 12.2. The lowest BCUT2D eigenvalue weighted by atomic mass is 10.2. The molecule has 28 heavy (non-hydrogen) atoms. The third-order valence-corrected chi connectivity index (χ3v) is 4.88. The molecule has 2 aromatic heterocycles. The van der Waals surface area contributed by atoms with Crippen LogP contribution in [0.4, 0.5) is 0 Å². The minimum atomic E-state index is -0.763. The summed E-state index contributed by atoms with van der Waals surface area (Å²) in [5, 5.41) is 14.0. The highest BCUT2D eigenvalue weighted by Crippen LogP contribution is 2.18. The fourth-order valence-electron chi connectivity index (χ4n) is 2.42. The maximum absolute atomic E-state index is 12.2. The number of para-hydroxylation sites is 1. The molecule has 0 saturated heterocycles. The third-order valence-electron chi connectivity index (χ3n) is 3.84. The number of Topliss-reactive ketones (excluding diaryl/α,β-unsaturated/α-hetero) is 1. The van der Waals surface area contributed by atoms with Gasteiger partial charge in [0.2, 0.25) is 5.91 Å². The number of carbonyl (C=O) groups excluding carboxylic acids is 3. The molecule has 0 unspecified atom stereocenters. The van der Waals surface area contributed by atoms with Crippen LogP contribution in [0.1, 0.15) is 37.9 Å². The fourth-order valence-corrected chi connectivity index (χ4v) is 3.26. The number of carbonyl (C=O) groups is 3. The van der Waals surface area contributed by atoms with Crippen molar-refractivity contribution in [3.63, 3.8) is 0 Å². The molecule has 0 saturated carbocycles. The molecule has 3 rings (SSSR count). The Morgan fingerprint density at radius 2 is 1.82 bits per heavy atom. The first-order chi connectivity index (χ1) is 13.4. The lowest BCUT2D eigenvalue weighted by Crippen LogP contribution is -2.41. The second kappa shape index (κ2) is 8.49. The summed E-state index contributed by atoms with van der Waals surface area (Å²) >= 11 is 1.38. The third kappa shape index (κ3) is 4.63. The summed E-state index contributed by atoms with van der Waals surface area (Å²) in [5.41, 5.74) is 4.85. The van der Waals surface area contributed by atoms with Gasteiger partial charge in [0.25, 0.3) is 5.91 Å². The van der Waals surface area contributed by atoms with E-state index in [4.69, 9.17) is 0 Å². The fraction of sp³-hybridized carbons (Fsp3) is 0.158. The second-order valence-electron chi connectivity index (χ2n) is 5.98. The summed E-state index contributed by atoms with van der Waals surface area (Å²) in [6, 6.07) is 12.5. The zero-order valence-electron chi connectivity index (χ0n) is 15.0. The van der Waals surface area contributed by atoms with E-state index in [-0.39, 0.29) is 30.1 Å². The number of amides is 2. The molecule has 0 spiro atoms. The molecule has 0 aliphatic carbocycles. The molecule has 0 bridgehead atoms. The smallest absolute Gasteiger partial charge is 0.294 e. The average Bonchev–Trinajstić information content (AvgIpc) is 3.30. The Kier molecular flexibility index (Phi) is 5.85. The number of thiophene rings is 1. The molecule has 0 aliphatic rings. The Morgan fingerprint density at radius 3 is 2.50 bits per heavy atom. The van der Waals surface area contributed by atoms with Gasteiger partial charge in [-0.1, -0.05) is 18.2 Å². The van der Waals surface area contributed by atoms with E-state index in [1.165, 1.54) is 22.2 Å². The van der Waals surface area contributed by atoms with Crippen molar-refractivity contribution in [1.82, 2.24) is 20.6 Å². The van der Waals surface area contributed by atoms with Gasteiger partial charge < -0.3 is 5.11 Å².